The van der Waals surface area contributed by atoms with Gasteiger partial charge in [-0.2, -0.15) is 0 Å². The fourth-order valence-electron chi connectivity index (χ4n) is 2.86. The van der Waals surface area contributed by atoms with Gasteiger partial charge in [0, 0.05) is 25.2 Å². The second-order valence-corrected chi connectivity index (χ2v) is 6.02. The predicted octanol–water partition coefficient (Wildman–Crippen LogP) is 1.14. The van der Waals surface area contributed by atoms with Gasteiger partial charge >= 0.3 is 5.97 Å². The largest absolute Gasteiger partial charge is 0.469 e. The Morgan fingerprint density at radius 2 is 1.92 bits per heavy atom. The molecule has 0 atom stereocenters. The van der Waals surface area contributed by atoms with E-state index in [0.717, 1.165) is 44.0 Å². The number of likely N-dealkylation sites (tertiary alicyclic amines) is 1. The fourth-order valence-corrected chi connectivity index (χ4v) is 2.86. The molecule has 1 heterocycles. The van der Waals surface area contributed by atoms with E-state index < -0.39 is 5.91 Å². The summed E-state index contributed by atoms with van der Waals surface area (Å²) in [7, 11) is 1.43. The molecule has 136 valence electrons. The number of nitrogens with zero attached hydrogens (tertiary/aromatic N) is 2. The number of guanidine groups is 1. The zero-order chi connectivity index (χ0) is 18.2. The van der Waals surface area contributed by atoms with Crippen molar-refractivity contribution in [2.24, 2.45) is 16.6 Å². The monoisotopic (exact) mass is 346 g/mol. The first kappa shape index (κ1) is 18.8. The van der Waals surface area contributed by atoms with E-state index in [1.165, 1.54) is 7.11 Å². The number of carbonyl (C=O) groups excluding carboxylic acids is 2. The Hall–Kier alpha value is -2.57. The molecule has 2 rings (SSSR count). The molecule has 1 aromatic carbocycles. The van der Waals surface area contributed by atoms with Gasteiger partial charge < -0.3 is 20.7 Å². The van der Waals surface area contributed by atoms with Crippen LogP contribution in [0.1, 0.15) is 35.7 Å². The van der Waals surface area contributed by atoms with Gasteiger partial charge in [0.25, 0.3) is 0 Å². The topological polar surface area (TPSA) is 97.0 Å². The zero-order valence-electron chi connectivity index (χ0n) is 14.8. The lowest BCUT2D eigenvalue weighted by Crippen LogP contribution is -2.46. The molecule has 0 aliphatic carbocycles. The molecule has 1 aliphatic rings. The van der Waals surface area contributed by atoms with Crippen molar-refractivity contribution in [1.29, 1.82) is 0 Å². The molecule has 1 fully saturated rings. The van der Waals surface area contributed by atoms with Gasteiger partial charge in [-0.3, -0.25) is 9.59 Å². The van der Waals surface area contributed by atoms with Crippen LogP contribution in [0.4, 0.5) is 0 Å². The third kappa shape index (κ3) is 5.20. The minimum atomic E-state index is -0.433. The number of carbonyl (C=O) groups is 2. The van der Waals surface area contributed by atoms with E-state index in [-0.39, 0.29) is 11.9 Å². The van der Waals surface area contributed by atoms with Crippen LogP contribution < -0.4 is 11.1 Å². The summed E-state index contributed by atoms with van der Waals surface area (Å²) >= 11 is 0. The molecule has 0 unspecified atom stereocenters. The number of amides is 1. The number of piperidine rings is 1. The molecule has 1 aromatic rings. The highest BCUT2D eigenvalue weighted by atomic mass is 16.5. The van der Waals surface area contributed by atoms with Gasteiger partial charge in [0.2, 0.25) is 5.91 Å². The van der Waals surface area contributed by atoms with Gasteiger partial charge in [-0.05, 0) is 37.5 Å². The van der Waals surface area contributed by atoms with Crippen LogP contribution in [0.5, 0.6) is 0 Å². The highest BCUT2D eigenvalue weighted by Gasteiger charge is 2.26. The molecule has 7 nitrogen and oxygen atoms in total. The lowest BCUT2D eigenvalue weighted by atomic mass is 9.97. The average Bonchev–Trinajstić information content (AvgIpc) is 2.65. The number of benzene rings is 1. The number of nitrogens with two attached hydrogens (primary N) is 1. The molecule has 25 heavy (non-hydrogen) atoms. The van der Waals surface area contributed by atoms with Crippen molar-refractivity contribution >= 4 is 17.8 Å². The molecule has 0 bridgehead atoms. The van der Waals surface area contributed by atoms with Crippen LogP contribution in [0.2, 0.25) is 0 Å². The van der Waals surface area contributed by atoms with Crippen LogP contribution in [0.15, 0.2) is 29.3 Å². The minimum Gasteiger partial charge on any atom is -0.469 e. The Labute approximate surface area is 148 Å². The van der Waals surface area contributed by atoms with Crippen molar-refractivity contribution in [3.63, 3.8) is 0 Å². The summed E-state index contributed by atoms with van der Waals surface area (Å²) in [5.41, 5.74) is 6.74. The molecule has 0 spiro atoms. The molecule has 7 heteroatoms. The number of primary amides is 1. The van der Waals surface area contributed by atoms with Crippen LogP contribution >= 0.6 is 0 Å². The highest BCUT2D eigenvalue weighted by Crippen LogP contribution is 2.18. The summed E-state index contributed by atoms with van der Waals surface area (Å²) in [6, 6.07) is 7.14. The lowest BCUT2D eigenvalue weighted by molar-refractivity contribution is -0.146. The van der Waals surface area contributed by atoms with Gasteiger partial charge in [-0.1, -0.05) is 12.1 Å². The van der Waals surface area contributed by atoms with E-state index in [1.54, 1.807) is 12.1 Å². The van der Waals surface area contributed by atoms with E-state index in [0.29, 0.717) is 12.1 Å². The van der Waals surface area contributed by atoms with E-state index in [9.17, 15) is 9.59 Å². The average molecular weight is 346 g/mol. The van der Waals surface area contributed by atoms with Crippen LogP contribution in [0, 0.1) is 5.92 Å². The van der Waals surface area contributed by atoms with Crippen LogP contribution in [0.25, 0.3) is 0 Å². The van der Waals surface area contributed by atoms with Gasteiger partial charge in [0.05, 0.1) is 19.6 Å². The van der Waals surface area contributed by atoms with Crippen LogP contribution in [-0.2, 0) is 16.1 Å². The summed E-state index contributed by atoms with van der Waals surface area (Å²) in [5, 5.41) is 3.30. The molecule has 0 aromatic heterocycles. The summed E-state index contributed by atoms with van der Waals surface area (Å²) in [6.07, 6.45) is 1.54. The predicted molar refractivity (Wildman–Crippen MR) is 96.1 cm³/mol. The summed E-state index contributed by atoms with van der Waals surface area (Å²) in [6.45, 7) is 4.85. The standard InChI is InChI=1S/C18H26N4O3/c1-3-20-18(22-10-8-15(9-11-22)17(24)25-2)21-12-13-4-6-14(7-5-13)16(19)23/h4-7,15H,3,8-12H2,1-2H3,(H2,19,23)(H,20,21). The third-order valence-corrected chi connectivity index (χ3v) is 4.31. The number of methoxy groups -OCH3 is 1. The van der Waals surface area contributed by atoms with Crippen molar-refractivity contribution in [2.45, 2.75) is 26.3 Å². The molecule has 0 radical (unpaired) electrons. The summed E-state index contributed by atoms with van der Waals surface area (Å²) in [4.78, 5) is 29.6. The smallest absolute Gasteiger partial charge is 0.308 e. The first-order valence-corrected chi connectivity index (χ1v) is 8.55. The van der Waals surface area contributed by atoms with E-state index in [2.05, 4.69) is 15.2 Å². The second-order valence-electron chi connectivity index (χ2n) is 6.02. The third-order valence-electron chi connectivity index (χ3n) is 4.31. The van der Waals surface area contributed by atoms with Crippen LogP contribution in [0.3, 0.4) is 0 Å². The first-order valence-electron chi connectivity index (χ1n) is 8.55. The number of ether oxygens (including phenoxy) is 1. The quantitative estimate of drug-likeness (QED) is 0.473. The van der Waals surface area contributed by atoms with Gasteiger partial charge in [-0.15, -0.1) is 0 Å². The van der Waals surface area contributed by atoms with Crippen LogP contribution in [-0.4, -0.2) is 49.5 Å². The Morgan fingerprint density at radius 3 is 2.44 bits per heavy atom. The van der Waals surface area contributed by atoms with Crippen molar-refractivity contribution < 1.29 is 14.3 Å². The number of aliphatic imine (C=N–C) groups is 1. The van der Waals surface area contributed by atoms with E-state index in [1.807, 2.05) is 19.1 Å². The maximum Gasteiger partial charge on any atom is 0.308 e. The lowest BCUT2D eigenvalue weighted by Gasteiger charge is -2.33. The fraction of sp³-hybridized carbons (Fsp3) is 0.500. The Kier molecular flexibility index (Phi) is 6.80. The number of hydrogen-bond donors (Lipinski definition) is 2. The number of nitrogens with one attached hydrogen (secondary N) is 1. The van der Waals surface area contributed by atoms with Crippen molar-refractivity contribution in [1.82, 2.24) is 10.2 Å². The van der Waals surface area contributed by atoms with Crippen molar-refractivity contribution in [3.8, 4) is 0 Å². The van der Waals surface area contributed by atoms with E-state index in [4.69, 9.17) is 10.5 Å². The molecule has 0 saturated carbocycles. The molecule has 1 saturated heterocycles. The number of esters is 1. The molecular weight excluding hydrogens is 320 g/mol. The SMILES string of the molecule is CCNC(=NCc1ccc(C(N)=O)cc1)N1CCC(C(=O)OC)CC1. The Balaban J connectivity index is 1.99. The zero-order valence-corrected chi connectivity index (χ0v) is 14.8. The highest BCUT2D eigenvalue weighted by molar-refractivity contribution is 5.92. The van der Waals surface area contributed by atoms with Crippen molar-refractivity contribution in [3.05, 3.63) is 35.4 Å². The second kappa shape index (κ2) is 9.05. The molecule has 3 N–H and O–H groups in total. The first-order chi connectivity index (χ1) is 12.0. The normalized spacial score (nSPS) is 15.8. The molecule has 1 aliphatic heterocycles. The van der Waals surface area contributed by atoms with Gasteiger partial charge in [0.15, 0.2) is 5.96 Å². The van der Waals surface area contributed by atoms with E-state index >= 15 is 0 Å². The maximum absolute atomic E-state index is 11.6. The summed E-state index contributed by atoms with van der Waals surface area (Å²) < 4.78 is 4.83. The van der Waals surface area contributed by atoms with Gasteiger partial charge in [0.1, 0.15) is 0 Å². The van der Waals surface area contributed by atoms with Crippen molar-refractivity contribution in [2.75, 3.05) is 26.7 Å². The molecular formula is C18H26N4O3. The Bertz CT molecular complexity index is 620. The molecule has 1 amide bonds. The number of hydrogen-bond acceptors (Lipinski definition) is 4. The summed E-state index contributed by atoms with van der Waals surface area (Å²) in [5.74, 6) is 0.253. The van der Waals surface area contributed by atoms with Gasteiger partial charge in [-0.25, -0.2) is 4.99 Å². The maximum atomic E-state index is 11.6. The number of rotatable bonds is 5. The minimum absolute atomic E-state index is 0.0227. The Morgan fingerprint density at radius 1 is 1.28 bits per heavy atom.